The molecular formula is C32H41N3O4S. The van der Waals surface area contributed by atoms with Gasteiger partial charge in [-0.2, -0.15) is 0 Å². The van der Waals surface area contributed by atoms with Crippen molar-refractivity contribution in [3.63, 3.8) is 0 Å². The number of carbonyl (C=O) groups excluding carboxylic acids is 3. The molecule has 1 saturated carbocycles. The number of nitrogens with zero attached hydrogens (tertiary/aromatic N) is 3. The lowest BCUT2D eigenvalue weighted by atomic mass is 9.78. The van der Waals surface area contributed by atoms with Crippen LogP contribution in [0.5, 0.6) is 0 Å². The molecule has 0 aromatic heterocycles. The molecule has 4 aliphatic heterocycles. The topological polar surface area (TPSA) is 81.2 Å². The molecule has 2 saturated heterocycles. The van der Waals surface area contributed by atoms with Crippen molar-refractivity contribution in [3.8, 4) is 0 Å². The average Bonchev–Trinajstić information content (AvgIpc) is 3.30. The predicted octanol–water partition coefficient (Wildman–Crippen LogP) is 3.43. The Balaban J connectivity index is 1.44. The molecule has 5 aliphatic rings. The lowest BCUT2D eigenvalue weighted by molar-refractivity contribution is -0.147. The summed E-state index contributed by atoms with van der Waals surface area (Å²) in [5, 5.41) is 10.5. The summed E-state index contributed by atoms with van der Waals surface area (Å²) in [5.41, 5.74) is 1.01. The van der Waals surface area contributed by atoms with Crippen LogP contribution in [0.3, 0.4) is 0 Å². The highest BCUT2D eigenvalue weighted by molar-refractivity contribution is 8.02. The van der Waals surface area contributed by atoms with Crippen LogP contribution in [0.4, 0.5) is 0 Å². The second kappa shape index (κ2) is 11.4. The summed E-state index contributed by atoms with van der Waals surface area (Å²) in [5.74, 6) is -1.34. The van der Waals surface area contributed by atoms with Crippen LogP contribution >= 0.6 is 11.8 Å². The SMILES string of the molecule is CCCN1CC=C[C@@H]2S[C@]34C=CCN(C5CCCCC5)C(=O)C3N([C@@H](CO)Cc3ccccc3)C(=O)[C@@H]4[C@@H]2C1=O. The van der Waals surface area contributed by atoms with Crippen molar-refractivity contribution < 1.29 is 19.5 Å². The molecule has 1 aromatic carbocycles. The van der Waals surface area contributed by atoms with Gasteiger partial charge in [-0.05, 0) is 31.2 Å². The number of aliphatic hydroxyl groups excluding tert-OH is 1. The van der Waals surface area contributed by atoms with Gasteiger partial charge in [0, 0.05) is 30.9 Å². The first-order chi connectivity index (χ1) is 19.5. The van der Waals surface area contributed by atoms with Gasteiger partial charge in [0.2, 0.25) is 17.7 Å². The number of carbonyl (C=O) groups is 3. The number of thioether (sulfide) groups is 1. The number of rotatable bonds is 7. The number of amides is 3. The van der Waals surface area contributed by atoms with Crippen molar-refractivity contribution in [2.45, 2.75) is 80.0 Å². The van der Waals surface area contributed by atoms with E-state index in [1.165, 1.54) is 6.42 Å². The van der Waals surface area contributed by atoms with E-state index in [9.17, 15) is 19.5 Å². The molecule has 1 aromatic rings. The van der Waals surface area contributed by atoms with Crippen molar-refractivity contribution in [2.75, 3.05) is 26.2 Å². The highest BCUT2D eigenvalue weighted by Crippen LogP contribution is 2.61. The summed E-state index contributed by atoms with van der Waals surface area (Å²) in [4.78, 5) is 49.0. The predicted molar refractivity (Wildman–Crippen MR) is 156 cm³/mol. The first-order valence-electron chi connectivity index (χ1n) is 15.1. The third-order valence-electron chi connectivity index (χ3n) is 9.64. The molecule has 1 N–H and O–H groups in total. The molecule has 1 aliphatic carbocycles. The van der Waals surface area contributed by atoms with Crippen LogP contribution in [0.1, 0.15) is 51.0 Å². The van der Waals surface area contributed by atoms with E-state index < -0.39 is 28.7 Å². The largest absolute Gasteiger partial charge is 0.394 e. The van der Waals surface area contributed by atoms with Crippen LogP contribution in [0, 0.1) is 11.8 Å². The monoisotopic (exact) mass is 563 g/mol. The molecule has 6 atom stereocenters. The number of benzene rings is 1. The van der Waals surface area contributed by atoms with Crippen molar-refractivity contribution >= 4 is 29.5 Å². The Morgan fingerprint density at radius 3 is 2.50 bits per heavy atom. The van der Waals surface area contributed by atoms with Crippen molar-refractivity contribution in [1.29, 1.82) is 0 Å². The Kier molecular flexibility index (Phi) is 7.83. The summed E-state index contributed by atoms with van der Waals surface area (Å²) < 4.78 is -0.841. The fourth-order valence-corrected chi connectivity index (χ4v) is 9.86. The van der Waals surface area contributed by atoms with E-state index in [-0.39, 0.29) is 35.6 Å². The minimum Gasteiger partial charge on any atom is -0.394 e. The second-order valence-electron chi connectivity index (χ2n) is 12.0. The number of likely N-dealkylation sites (tertiary alicyclic amines) is 1. The van der Waals surface area contributed by atoms with E-state index in [0.29, 0.717) is 26.1 Å². The smallest absolute Gasteiger partial charge is 0.247 e. The zero-order valence-electron chi connectivity index (χ0n) is 23.4. The zero-order chi connectivity index (χ0) is 27.9. The van der Waals surface area contributed by atoms with E-state index in [0.717, 1.165) is 37.7 Å². The van der Waals surface area contributed by atoms with Gasteiger partial charge in [0.25, 0.3) is 0 Å². The Hall–Kier alpha value is -2.58. The normalized spacial score (nSPS) is 33.0. The minimum absolute atomic E-state index is 0.0121. The minimum atomic E-state index is -0.841. The van der Waals surface area contributed by atoms with E-state index in [2.05, 4.69) is 31.2 Å². The first kappa shape index (κ1) is 27.6. The molecule has 4 heterocycles. The second-order valence-corrected chi connectivity index (χ2v) is 13.5. The molecule has 214 valence electrons. The number of hydrogen-bond acceptors (Lipinski definition) is 5. The van der Waals surface area contributed by atoms with Gasteiger partial charge >= 0.3 is 0 Å². The third-order valence-corrected chi connectivity index (χ3v) is 11.4. The van der Waals surface area contributed by atoms with Gasteiger partial charge in [-0.15, -0.1) is 11.8 Å². The van der Waals surface area contributed by atoms with Crippen molar-refractivity contribution in [1.82, 2.24) is 14.7 Å². The van der Waals surface area contributed by atoms with Crippen LogP contribution in [0.15, 0.2) is 54.6 Å². The Morgan fingerprint density at radius 2 is 1.77 bits per heavy atom. The van der Waals surface area contributed by atoms with E-state index in [1.807, 2.05) is 40.1 Å². The van der Waals surface area contributed by atoms with Gasteiger partial charge in [-0.1, -0.05) is 80.8 Å². The van der Waals surface area contributed by atoms with Crippen LogP contribution in [-0.4, -0.2) is 91.9 Å². The van der Waals surface area contributed by atoms with Crippen molar-refractivity contribution in [3.05, 3.63) is 60.2 Å². The van der Waals surface area contributed by atoms with Crippen LogP contribution in [0.2, 0.25) is 0 Å². The Bertz CT molecular complexity index is 1180. The maximum atomic E-state index is 14.7. The fraction of sp³-hybridized carbons (Fsp3) is 0.594. The standard InChI is InChI=1S/C32H41N3O4S/c1-2-17-33-18-9-15-25-26(29(33)37)27-30(38)35(24(21-36)20-22-11-5-3-6-12-22)28-31(39)34(23-13-7-4-8-14-23)19-10-16-32(27,28)40-25/h3,5-6,9-12,15-16,23-28,36H,2,4,7-8,13-14,17-21H2,1H3/t24-,25+,26-,27+,28?,32+/m1/s1. The molecule has 1 spiro atoms. The maximum Gasteiger partial charge on any atom is 0.247 e. The van der Waals surface area contributed by atoms with Gasteiger partial charge in [-0.25, -0.2) is 0 Å². The van der Waals surface area contributed by atoms with Crippen LogP contribution in [0.25, 0.3) is 0 Å². The number of hydrogen-bond donors (Lipinski definition) is 1. The van der Waals surface area contributed by atoms with Gasteiger partial charge in [0.1, 0.15) is 6.04 Å². The highest BCUT2D eigenvalue weighted by atomic mass is 32.2. The molecular weight excluding hydrogens is 522 g/mol. The van der Waals surface area contributed by atoms with Gasteiger partial charge < -0.3 is 19.8 Å². The molecule has 6 rings (SSSR count). The Morgan fingerprint density at radius 1 is 1.00 bits per heavy atom. The lowest BCUT2D eigenvalue weighted by Crippen LogP contribution is -2.58. The fourth-order valence-electron chi connectivity index (χ4n) is 7.87. The zero-order valence-corrected chi connectivity index (χ0v) is 24.2. The highest BCUT2D eigenvalue weighted by Gasteiger charge is 2.71. The summed E-state index contributed by atoms with van der Waals surface area (Å²) in [6, 6.07) is 8.72. The summed E-state index contributed by atoms with van der Waals surface area (Å²) in [6.45, 7) is 3.55. The van der Waals surface area contributed by atoms with Gasteiger partial charge in [0.15, 0.2) is 0 Å². The summed E-state index contributed by atoms with van der Waals surface area (Å²) >= 11 is 1.63. The third kappa shape index (κ3) is 4.51. The number of fused-ring (bicyclic) bond motifs is 2. The van der Waals surface area contributed by atoms with E-state index in [1.54, 1.807) is 16.7 Å². The average molecular weight is 564 g/mol. The molecule has 3 amide bonds. The van der Waals surface area contributed by atoms with E-state index >= 15 is 0 Å². The van der Waals surface area contributed by atoms with Crippen molar-refractivity contribution in [2.24, 2.45) is 11.8 Å². The molecule has 0 bridgehead atoms. The molecule has 7 nitrogen and oxygen atoms in total. The molecule has 3 fully saturated rings. The maximum absolute atomic E-state index is 14.7. The van der Waals surface area contributed by atoms with Crippen LogP contribution < -0.4 is 0 Å². The Labute approximate surface area is 241 Å². The summed E-state index contributed by atoms with van der Waals surface area (Å²) in [6.07, 6.45) is 15.0. The number of aliphatic hydroxyl groups is 1. The summed E-state index contributed by atoms with van der Waals surface area (Å²) in [7, 11) is 0. The molecule has 40 heavy (non-hydrogen) atoms. The quantitative estimate of drug-likeness (QED) is 0.515. The lowest BCUT2D eigenvalue weighted by Gasteiger charge is -2.41. The van der Waals surface area contributed by atoms with Crippen LogP contribution in [-0.2, 0) is 20.8 Å². The van der Waals surface area contributed by atoms with Gasteiger partial charge in [-0.3, -0.25) is 14.4 Å². The molecule has 8 heteroatoms. The molecule has 0 radical (unpaired) electrons. The van der Waals surface area contributed by atoms with Gasteiger partial charge in [0.05, 0.1) is 29.2 Å². The molecule has 1 unspecified atom stereocenters. The first-order valence-corrected chi connectivity index (χ1v) is 16.0. The van der Waals surface area contributed by atoms with E-state index in [4.69, 9.17) is 0 Å².